The number of aromatic amines is 1. The molecule has 0 aliphatic rings. The van der Waals surface area contributed by atoms with Crippen LogP contribution < -0.4 is 0 Å². The molecule has 0 saturated heterocycles. The van der Waals surface area contributed by atoms with Gasteiger partial charge in [-0.25, -0.2) is 0 Å². The fourth-order valence-corrected chi connectivity index (χ4v) is 2.69. The smallest absolute Gasteiger partial charge is 0.293 e. The Morgan fingerprint density at radius 3 is 2.55 bits per heavy atom. The molecule has 0 spiro atoms. The van der Waals surface area contributed by atoms with Crippen LogP contribution in [0.25, 0.3) is 10.9 Å². The summed E-state index contributed by atoms with van der Waals surface area (Å²) in [4.78, 5) is 12.5. The third kappa shape index (κ3) is 4.21. The quantitative estimate of drug-likeness (QED) is 0.686. The van der Waals surface area contributed by atoms with Crippen LogP contribution in [-0.4, -0.2) is 18.1 Å². The largest absolute Gasteiger partial charge is 0.468 e. The molecule has 0 atom stereocenters. The molecule has 1 heterocycles. The normalized spacial score (nSPS) is 9.91. The lowest BCUT2D eigenvalue weighted by Gasteiger charge is -2.00. The second kappa shape index (κ2) is 8.39. The summed E-state index contributed by atoms with van der Waals surface area (Å²) in [5, 5.41) is 1.29. The number of carbonyl (C=O) groups excluding carboxylic acids is 1. The zero-order valence-electron chi connectivity index (χ0n) is 12.4. The fraction of sp³-hybridized carbons (Fsp3) is 0.167. The van der Waals surface area contributed by atoms with Gasteiger partial charge in [-0.3, -0.25) is 4.79 Å². The van der Waals surface area contributed by atoms with Crippen molar-refractivity contribution in [3.05, 3.63) is 70.3 Å². The highest BCUT2D eigenvalue weighted by atomic mass is 79.9. The Labute approximate surface area is 138 Å². The van der Waals surface area contributed by atoms with Crippen LogP contribution in [0.3, 0.4) is 0 Å². The minimum Gasteiger partial charge on any atom is -0.468 e. The molecule has 0 fully saturated rings. The molecule has 0 aliphatic heterocycles. The minimum absolute atomic E-state index is 0.431. The summed E-state index contributed by atoms with van der Waals surface area (Å²) in [6.07, 6.45) is 3.07. The van der Waals surface area contributed by atoms with Gasteiger partial charge in [0.1, 0.15) is 0 Å². The lowest BCUT2D eigenvalue weighted by molar-refractivity contribution is -0.128. The number of carbonyl (C=O) groups is 1. The van der Waals surface area contributed by atoms with Gasteiger partial charge in [-0.1, -0.05) is 42.5 Å². The molecule has 114 valence electrons. The van der Waals surface area contributed by atoms with Gasteiger partial charge in [-0.05, 0) is 46.5 Å². The van der Waals surface area contributed by atoms with E-state index in [1.807, 2.05) is 0 Å². The number of para-hydroxylation sites is 1. The van der Waals surface area contributed by atoms with Crippen LogP contribution in [0.15, 0.2) is 59.2 Å². The Morgan fingerprint density at radius 2 is 1.91 bits per heavy atom. The first kappa shape index (κ1) is 16.3. The van der Waals surface area contributed by atoms with E-state index in [9.17, 15) is 4.79 Å². The van der Waals surface area contributed by atoms with Crippen molar-refractivity contribution in [2.45, 2.75) is 13.3 Å². The topological polar surface area (TPSA) is 42.1 Å². The Kier molecular flexibility index (Phi) is 6.22. The maximum absolute atomic E-state index is 9.18. The summed E-state index contributed by atoms with van der Waals surface area (Å²) in [7, 11) is 0. The summed E-state index contributed by atoms with van der Waals surface area (Å²) in [5.74, 6) is 0. The number of halogens is 1. The highest BCUT2D eigenvalue weighted by Gasteiger charge is 2.06. The fourth-order valence-electron chi connectivity index (χ4n) is 2.21. The van der Waals surface area contributed by atoms with Gasteiger partial charge in [0, 0.05) is 16.1 Å². The van der Waals surface area contributed by atoms with Gasteiger partial charge in [0.05, 0.1) is 12.1 Å². The van der Waals surface area contributed by atoms with Crippen LogP contribution in [0.4, 0.5) is 0 Å². The molecular formula is C18H18BrNO2. The van der Waals surface area contributed by atoms with E-state index < -0.39 is 0 Å². The predicted molar refractivity (Wildman–Crippen MR) is 92.9 cm³/mol. The van der Waals surface area contributed by atoms with Gasteiger partial charge in [0.2, 0.25) is 0 Å². The molecule has 3 rings (SSSR count). The summed E-state index contributed by atoms with van der Waals surface area (Å²) >= 11 is 3.56. The third-order valence-electron chi connectivity index (χ3n) is 3.22. The molecule has 0 unspecified atom stereocenters. The SMILES string of the molecule is Brc1cccc2c(Cc3ccccc3)c[nH]c12.CCOC=O. The maximum Gasteiger partial charge on any atom is 0.293 e. The van der Waals surface area contributed by atoms with Crippen molar-refractivity contribution in [1.29, 1.82) is 0 Å². The van der Waals surface area contributed by atoms with Gasteiger partial charge < -0.3 is 9.72 Å². The monoisotopic (exact) mass is 359 g/mol. The van der Waals surface area contributed by atoms with Crippen molar-refractivity contribution in [3.63, 3.8) is 0 Å². The molecule has 22 heavy (non-hydrogen) atoms. The van der Waals surface area contributed by atoms with Crippen LogP contribution in [0.5, 0.6) is 0 Å². The molecule has 0 amide bonds. The molecule has 0 aliphatic carbocycles. The average Bonchev–Trinajstić information content (AvgIpc) is 2.94. The van der Waals surface area contributed by atoms with Crippen LogP contribution in [-0.2, 0) is 16.0 Å². The van der Waals surface area contributed by atoms with Gasteiger partial charge in [-0.15, -0.1) is 0 Å². The van der Waals surface area contributed by atoms with Crippen LogP contribution >= 0.6 is 15.9 Å². The first-order chi connectivity index (χ1) is 10.8. The van der Waals surface area contributed by atoms with Crippen LogP contribution in [0.2, 0.25) is 0 Å². The number of aromatic nitrogens is 1. The van der Waals surface area contributed by atoms with Gasteiger partial charge in [0.25, 0.3) is 6.47 Å². The van der Waals surface area contributed by atoms with Crippen molar-refractivity contribution in [1.82, 2.24) is 4.98 Å². The highest BCUT2D eigenvalue weighted by Crippen LogP contribution is 2.26. The van der Waals surface area contributed by atoms with Crippen LogP contribution in [0, 0.1) is 0 Å². The Hall–Kier alpha value is -2.07. The first-order valence-electron chi connectivity index (χ1n) is 7.10. The average molecular weight is 360 g/mol. The van der Waals surface area contributed by atoms with Gasteiger partial charge >= 0.3 is 0 Å². The number of hydrogen-bond acceptors (Lipinski definition) is 2. The van der Waals surface area contributed by atoms with E-state index in [1.54, 1.807) is 6.92 Å². The third-order valence-corrected chi connectivity index (χ3v) is 3.88. The van der Waals surface area contributed by atoms with Crippen molar-refractivity contribution in [2.75, 3.05) is 6.61 Å². The minimum atomic E-state index is 0.431. The highest BCUT2D eigenvalue weighted by molar-refractivity contribution is 9.10. The van der Waals surface area contributed by atoms with E-state index in [0.717, 1.165) is 10.9 Å². The molecule has 3 nitrogen and oxygen atoms in total. The molecule has 1 N–H and O–H groups in total. The molecule has 4 heteroatoms. The molecule has 0 bridgehead atoms. The van der Waals surface area contributed by atoms with E-state index in [2.05, 4.69) is 80.4 Å². The summed E-state index contributed by atoms with van der Waals surface area (Å²) < 4.78 is 5.27. The van der Waals surface area contributed by atoms with E-state index in [1.165, 1.54) is 22.0 Å². The lowest BCUT2D eigenvalue weighted by Crippen LogP contribution is -1.85. The molecule has 3 aromatic rings. The molecule has 2 aromatic carbocycles. The van der Waals surface area contributed by atoms with Gasteiger partial charge in [-0.2, -0.15) is 0 Å². The van der Waals surface area contributed by atoms with E-state index in [4.69, 9.17) is 0 Å². The summed E-state index contributed by atoms with van der Waals surface area (Å²) in [6.45, 7) is 2.66. The number of H-pyrrole nitrogens is 1. The van der Waals surface area contributed by atoms with E-state index in [-0.39, 0.29) is 0 Å². The number of ether oxygens (including phenoxy) is 1. The maximum atomic E-state index is 9.18. The van der Waals surface area contributed by atoms with Crippen LogP contribution in [0.1, 0.15) is 18.1 Å². The van der Waals surface area contributed by atoms with E-state index in [0.29, 0.717) is 13.1 Å². The lowest BCUT2D eigenvalue weighted by atomic mass is 10.0. The van der Waals surface area contributed by atoms with Crippen molar-refractivity contribution < 1.29 is 9.53 Å². The zero-order valence-corrected chi connectivity index (χ0v) is 14.0. The number of benzene rings is 2. The van der Waals surface area contributed by atoms with E-state index >= 15 is 0 Å². The number of fused-ring (bicyclic) bond motifs is 1. The molecular weight excluding hydrogens is 342 g/mol. The Bertz CT molecular complexity index is 722. The zero-order chi connectivity index (χ0) is 15.8. The summed E-state index contributed by atoms with van der Waals surface area (Å²) in [5.41, 5.74) is 3.86. The second-order valence-corrected chi connectivity index (χ2v) is 5.54. The number of nitrogens with one attached hydrogen (secondary N) is 1. The number of rotatable bonds is 4. The van der Waals surface area contributed by atoms with Gasteiger partial charge in [0.15, 0.2) is 0 Å². The molecule has 1 aromatic heterocycles. The Balaban J connectivity index is 0.000000309. The summed E-state index contributed by atoms with van der Waals surface area (Å²) in [6, 6.07) is 16.8. The first-order valence-corrected chi connectivity index (χ1v) is 7.89. The Morgan fingerprint density at radius 1 is 1.14 bits per heavy atom. The second-order valence-electron chi connectivity index (χ2n) is 4.69. The van der Waals surface area contributed by atoms with Crippen molar-refractivity contribution >= 4 is 33.3 Å². The molecule has 0 saturated carbocycles. The van der Waals surface area contributed by atoms with Crippen molar-refractivity contribution in [3.8, 4) is 0 Å². The standard InChI is InChI=1S/C15H12BrN.C3H6O2/c16-14-8-4-7-13-12(10-17-15(13)14)9-11-5-2-1-3-6-11;1-2-5-3-4/h1-8,10,17H,9H2;3H,2H2,1H3. The van der Waals surface area contributed by atoms with Crippen molar-refractivity contribution in [2.24, 2.45) is 0 Å². The predicted octanol–water partition coefficient (Wildman–Crippen LogP) is 4.70. The number of hydrogen-bond donors (Lipinski definition) is 1. The molecule has 0 radical (unpaired) electrons.